The zero-order valence-corrected chi connectivity index (χ0v) is 11.4. The Bertz CT molecular complexity index is 660. The first-order valence-corrected chi connectivity index (χ1v) is 7.04. The van der Waals surface area contributed by atoms with Crippen LogP contribution < -0.4 is 4.90 Å². The molecule has 19 heavy (non-hydrogen) atoms. The molecular weight excluding hydrogens is 258 g/mol. The minimum Gasteiger partial charge on any atom is -0.306 e. The molecule has 1 amide bonds. The topological polar surface area (TPSA) is 37.4 Å². The SMILES string of the molecule is Cc1ccsc1C(=O)N1CCC(=O)c2ccccc21. The van der Waals surface area contributed by atoms with Gasteiger partial charge in [0.15, 0.2) is 5.78 Å². The standard InChI is InChI=1S/C15H13NO2S/c1-10-7-9-19-14(10)15(18)16-8-6-13(17)11-4-2-3-5-12(11)16/h2-5,7,9H,6,8H2,1H3. The first kappa shape index (κ1) is 12.1. The van der Waals surface area contributed by atoms with Crippen LogP contribution in [0.1, 0.15) is 32.0 Å². The van der Waals surface area contributed by atoms with Gasteiger partial charge in [0.25, 0.3) is 5.91 Å². The number of hydrogen-bond donors (Lipinski definition) is 0. The molecule has 1 aromatic carbocycles. The minimum absolute atomic E-state index is 0.00699. The Labute approximate surface area is 115 Å². The van der Waals surface area contributed by atoms with Crippen LogP contribution in [0.25, 0.3) is 0 Å². The number of aryl methyl sites for hydroxylation is 1. The lowest BCUT2D eigenvalue weighted by Gasteiger charge is -2.28. The molecule has 0 unspecified atom stereocenters. The van der Waals surface area contributed by atoms with Crippen LogP contribution in [-0.4, -0.2) is 18.2 Å². The number of hydrogen-bond acceptors (Lipinski definition) is 3. The minimum atomic E-state index is -0.00699. The molecule has 2 aromatic rings. The van der Waals surface area contributed by atoms with E-state index in [0.29, 0.717) is 18.5 Å². The Hall–Kier alpha value is -1.94. The third-order valence-electron chi connectivity index (χ3n) is 3.36. The van der Waals surface area contributed by atoms with E-state index >= 15 is 0 Å². The first-order chi connectivity index (χ1) is 9.18. The molecule has 0 spiro atoms. The zero-order valence-electron chi connectivity index (χ0n) is 10.6. The molecule has 0 saturated carbocycles. The number of para-hydroxylation sites is 1. The number of Topliss-reactive ketones (excluding diaryl/α,β-unsaturated/α-hetero) is 1. The highest BCUT2D eigenvalue weighted by molar-refractivity contribution is 7.12. The molecular formula is C15H13NO2S. The third kappa shape index (κ3) is 1.98. The summed E-state index contributed by atoms with van der Waals surface area (Å²) in [5.74, 6) is 0.106. The summed E-state index contributed by atoms with van der Waals surface area (Å²) in [6.07, 6.45) is 0.396. The number of fused-ring (bicyclic) bond motifs is 1. The summed E-state index contributed by atoms with van der Waals surface area (Å²) in [6.45, 7) is 2.40. The molecule has 0 saturated heterocycles. The average molecular weight is 271 g/mol. The predicted molar refractivity (Wildman–Crippen MR) is 76.1 cm³/mol. The van der Waals surface area contributed by atoms with E-state index in [0.717, 1.165) is 16.1 Å². The maximum absolute atomic E-state index is 12.6. The van der Waals surface area contributed by atoms with Gasteiger partial charge in [0, 0.05) is 18.5 Å². The zero-order chi connectivity index (χ0) is 13.4. The summed E-state index contributed by atoms with van der Waals surface area (Å²) in [6, 6.07) is 9.27. The number of amides is 1. The van der Waals surface area contributed by atoms with Crippen molar-refractivity contribution in [2.75, 3.05) is 11.4 Å². The van der Waals surface area contributed by atoms with Gasteiger partial charge in [-0.25, -0.2) is 0 Å². The van der Waals surface area contributed by atoms with E-state index in [1.807, 2.05) is 36.6 Å². The van der Waals surface area contributed by atoms with Crippen LogP contribution in [0.2, 0.25) is 0 Å². The summed E-state index contributed by atoms with van der Waals surface area (Å²) in [7, 11) is 0. The Morgan fingerprint density at radius 1 is 1.26 bits per heavy atom. The van der Waals surface area contributed by atoms with Gasteiger partial charge in [-0.15, -0.1) is 11.3 Å². The molecule has 0 atom stereocenters. The monoisotopic (exact) mass is 271 g/mol. The quantitative estimate of drug-likeness (QED) is 0.798. The van der Waals surface area contributed by atoms with Gasteiger partial charge in [0.05, 0.1) is 10.6 Å². The summed E-state index contributed by atoms with van der Waals surface area (Å²) < 4.78 is 0. The van der Waals surface area contributed by atoms with E-state index in [9.17, 15) is 9.59 Å². The molecule has 1 aliphatic heterocycles. The number of rotatable bonds is 1. The van der Waals surface area contributed by atoms with Crippen LogP contribution in [0.15, 0.2) is 35.7 Å². The van der Waals surface area contributed by atoms with Crippen molar-refractivity contribution in [3.05, 3.63) is 51.7 Å². The van der Waals surface area contributed by atoms with Crippen molar-refractivity contribution in [2.45, 2.75) is 13.3 Å². The fourth-order valence-electron chi connectivity index (χ4n) is 2.34. The van der Waals surface area contributed by atoms with Crippen LogP contribution >= 0.6 is 11.3 Å². The van der Waals surface area contributed by atoms with Crippen LogP contribution in [-0.2, 0) is 0 Å². The van der Waals surface area contributed by atoms with Gasteiger partial charge in [0.2, 0.25) is 0 Å². The van der Waals surface area contributed by atoms with Crippen LogP contribution in [0.3, 0.4) is 0 Å². The van der Waals surface area contributed by atoms with Gasteiger partial charge in [-0.1, -0.05) is 12.1 Å². The molecule has 3 rings (SSSR count). The molecule has 1 aliphatic rings. The van der Waals surface area contributed by atoms with Crippen LogP contribution in [0.5, 0.6) is 0 Å². The van der Waals surface area contributed by atoms with Gasteiger partial charge in [0.1, 0.15) is 0 Å². The van der Waals surface area contributed by atoms with Crippen molar-refractivity contribution in [3.8, 4) is 0 Å². The summed E-state index contributed by atoms with van der Waals surface area (Å²) in [5, 5.41) is 1.92. The predicted octanol–water partition coefficient (Wildman–Crippen LogP) is 3.29. The number of carbonyl (C=O) groups excluding carboxylic acids is 2. The second kappa shape index (κ2) is 4.63. The molecule has 3 nitrogen and oxygen atoms in total. The summed E-state index contributed by atoms with van der Waals surface area (Å²) >= 11 is 1.45. The van der Waals surface area contributed by atoms with Crippen molar-refractivity contribution in [2.24, 2.45) is 0 Å². The number of anilines is 1. The summed E-state index contributed by atoms with van der Waals surface area (Å²) in [5.41, 5.74) is 2.37. The fourth-order valence-corrected chi connectivity index (χ4v) is 3.21. The second-order valence-electron chi connectivity index (χ2n) is 4.58. The Morgan fingerprint density at radius 2 is 2.05 bits per heavy atom. The van der Waals surface area contributed by atoms with Gasteiger partial charge in [-0.2, -0.15) is 0 Å². The van der Waals surface area contributed by atoms with E-state index < -0.39 is 0 Å². The highest BCUT2D eigenvalue weighted by atomic mass is 32.1. The van der Waals surface area contributed by atoms with Gasteiger partial charge >= 0.3 is 0 Å². The lowest BCUT2D eigenvalue weighted by atomic mass is 10.00. The van der Waals surface area contributed by atoms with E-state index in [2.05, 4.69) is 0 Å². The van der Waals surface area contributed by atoms with Crippen molar-refractivity contribution < 1.29 is 9.59 Å². The molecule has 0 aliphatic carbocycles. The maximum atomic E-state index is 12.6. The van der Waals surface area contributed by atoms with Crippen LogP contribution in [0.4, 0.5) is 5.69 Å². The van der Waals surface area contributed by atoms with Crippen molar-refractivity contribution in [1.82, 2.24) is 0 Å². The highest BCUT2D eigenvalue weighted by Crippen LogP contribution is 2.29. The molecule has 1 aromatic heterocycles. The molecule has 4 heteroatoms. The smallest absolute Gasteiger partial charge is 0.268 e. The van der Waals surface area contributed by atoms with Gasteiger partial charge in [-0.3, -0.25) is 9.59 Å². The number of thiophene rings is 1. The lowest BCUT2D eigenvalue weighted by Crippen LogP contribution is -2.37. The molecule has 0 fully saturated rings. The van der Waals surface area contributed by atoms with Crippen LogP contribution in [0, 0.1) is 6.92 Å². The molecule has 96 valence electrons. The molecule has 0 N–H and O–H groups in total. The summed E-state index contributed by atoms with van der Waals surface area (Å²) in [4.78, 5) is 26.9. The number of nitrogens with zero attached hydrogens (tertiary/aromatic N) is 1. The van der Waals surface area contributed by atoms with Gasteiger partial charge in [-0.05, 0) is 36.1 Å². The van der Waals surface area contributed by atoms with Gasteiger partial charge < -0.3 is 4.90 Å². The normalized spacial score (nSPS) is 14.4. The first-order valence-electron chi connectivity index (χ1n) is 6.16. The van der Waals surface area contributed by atoms with E-state index in [1.54, 1.807) is 11.0 Å². The van der Waals surface area contributed by atoms with Crippen molar-refractivity contribution in [1.29, 1.82) is 0 Å². The maximum Gasteiger partial charge on any atom is 0.268 e. The Kier molecular flexibility index (Phi) is 2.95. The van der Waals surface area contributed by atoms with Crippen molar-refractivity contribution in [3.63, 3.8) is 0 Å². The average Bonchev–Trinajstić information content (AvgIpc) is 2.85. The van der Waals surface area contributed by atoms with E-state index in [1.165, 1.54) is 11.3 Å². The van der Waals surface area contributed by atoms with Crippen molar-refractivity contribution >= 4 is 28.7 Å². The third-order valence-corrected chi connectivity index (χ3v) is 4.36. The fraction of sp³-hybridized carbons (Fsp3) is 0.200. The number of ketones is 1. The van der Waals surface area contributed by atoms with E-state index in [-0.39, 0.29) is 11.7 Å². The Balaban J connectivity index is 2.04. The molecule has 0 radical (unpaired) electrons. The number of benzene rings is 1. The largest absolute Gasteiger partial charge is 0.306 e. The van der Waals surface area contributed by atoms with E-state index in [4.69, 9.17) is 0 Å². The Morgan fingerprint density at radius 3 is 2.79 bits per heavy atom. The molecule has 2 heterocycles. The number of carbonyl (C=O) groups is 2. The highest BCUT2D eigenvalue weighted by Gasteiger charge is 2.28. The second-order valence-corrected chi connectivity index (χ2v) is 5.50. The lowest BCUT2D eigenvalue weighted by molar-refractivity contribution is 0.0957. The molecule has 0 bridgehead atoms.